The standard InChI is InChI=1S/C14H21N/c1-12-6-5-7-13(10-12)11-15-14-8-3-2-4-9-14/h2-4,8-9,12-13,15H,5-7,10-11H2,1H3. The number of hydrogen-bond acceptors (Lipinski definition) is 1. The molecule has 0 aromatic heterocycles. The van der Waals surface area contributed by atoms with Crippen molar-refractivity contribution >= 4 is 5.69 Å². The van der Waals surface area contributed by atoms with Crippen molar-refractivity contribution in [2.24, 2.45) is 11.8 Å². The van der Waals surface area contributed by atoms with E-state index < -0.39 is 0 Å². The van der Waals surface area contributed by atoms with E-state index in [1.165, 1.54) is 31.4 Å². The van der Waals surface area contributed by atoms with Crippen LogP contribution in [0, 0.1) is 11.8 Å². The van der Waals surface area contributed by atoms with Crippen LogP contribution >= 0.6 is 0 Å². The highest BCUT2D eigenvalue weighted by Crippen LogP contribution is 2.28. The monoisotopic (exact) mass is 203 g/mol. The van der Waals surface area contributed by atoms with Crippen molar-refractivity contribution in [2.45, 2.75) is 32.6 Å². The molecule has 1 aromatic rings. The molecule has 15 heavy (non-hydrogen) atoms. The highest BCUT2D eigenvalue weighted by atomic mass is 14.9. The largest absolute Gasteiger partial charge is 0.385 e. The molecule has 1 nitrogen and oxygen atoms in total. The fourth-order valence-electron chi connectivity index (χ4n) is 2.56. The van der Waals surface area contributed by atoms with Crippen LogP contribution in [0.15, 0.2) is 30.3 Å². The van der Waals surface area contributed by atoms with Crippen molar-refractivity contribution in [1.82, 2.24) is 0 Å². The van der Waals surface area contributed by atoms with Crippen molar-refractivity contribution in [2.75, 3.05) is 11.9 Å². The quantitative estimate of drug-likeness (QED) is 0.785. The first-order valence-electron chi connectivity index (χ1n) is 6.13. The maximum atomic E-state index is 3.53. The van der Waals surface area contributed by atoms with Gasteiger partial charge in [0.2, 0.25) is 0 Å². The molecule has 1 fully saturated rings. The molecule has 0 amide bonds. The zero-order valence-corrected chi connectivity index (χ0v) is 9.58. The lowest BCUT2D eigenvalue weighted by molar-refractivity contribution is 0.293. The summed E-state index contributed by atoms with van der Waals surface area (Å²) in [6.45, 7) is 3.53. The Kier molecular flexibility index (Phi) is 3.65. The van der Waals surface area contributed by atoms with Gasteiger partial charge < -0.3 is 5.32 Å². The first kappa shape index (κ1) is 10.5. The van der Waals surface area contributed by atoms with E-state index >= 15 is 0 Å². The van der Waals surface area contributed by atoms with E-state index in [1.54, 1.807) is 0 Å². The van der Waals surface area contributed by atoms with Gasteiger partial charge in [0.25, 0.3) is 0 Å². The van der Waals surface area contributed by atoms with Crippen LogP contribution in [0.25, 0.3) is 0 Å². The molecule has 0 radical (unpaired) electrons. The number of nitrogens with one attached hydrogen (secondary N) is 1. The highest BCUT2D eigenvalue weighted by molar-refractivity contribution is 5.42. The second-order valence-corrected chi connectivity index (χ2v) is 4.88. The van der Waals surface area contributed by atoms with E-state index in [2.05, 4.69) is 42.6 Å². The van der Waals surface area contributed by atoms with Crippen LogP contribution in [0.3, 0.4) is 0 Å². The van der Waals surface area contributed by atoms with Gasteiger partial charge in [-0.05, 0) is 36.8 Å². The lowest BCUT2D eigenvalue weighted by Gasteiger charge is -2.27. The van der Waals surface area contributed by atoms with Gasteiger partial charge in [0.1, 0.15) is 0 Å². The Hall–Kier alpha value is -0.980. The van der Waals surface area contributed by atoms with Crippen LogP contribution < -0.4 is 5.32 Å². The molecule has 2 atom stereocenters. The summed E-state index contributed by atoms with van der Waals surface area (Å²) < 4.78 is 0. The number of rotatable bonds is 3. The maximum absolute atomic E-state index is 3.53. The summed E-state index contributed by atoms with van der Waals surface area (Å²) in [7, 11) is 0. The topological polar surface area (TPSA) is 12.0 Å². The van der Waals surface area contributed by atoms with Crippen LogP contribution in [0.5, 0.6) is 0 Å². The van der Waals surface area contributed by atoms with Crippen LogP contribution in [0.4, 0.5) is 5.69 Å². The molecule has 0 saturated heterocycles. The van der Waals surface area contributed by atoms with Crippen molar-refractivity contribution in [3.63, 3.8) is 0 Å². The summed E-state index contributed by atoms with van der Waals surface area (Å²) in [4.78, 5) is 0. The SMILES string of the molecule is CC1CCCC(CNc2ccccc2)C1. The van der Waals surface area contributed by atoms with Gasteiger partial charge in [-0.1, -0.05) is 38.0 Å². The van der Waals surface area contributed by atoms with Gasteiger partial charge >= 0.3 is 0 Å². The molecule has 0 aliphatic heterocycles. The van der Waals surface area contributed by atoms with Crippen molar-refractivity contribution < 1.29 is 0 Å². The fourth-order valence-corrected chi connectivity index (χ4v) is 2.56. The van der Waals surface area contributed by atoms with Crippen molar-refractivity contribution in [1.29, 1.82) is 0 Å². The van der Waals surface area contributed by atoms with E-state index in [9.17, 15) is 0 Å². The molecule has 2 rings (SSSR count). The van der Waals surface area contributed by atoms with Gasteiger partial charge in [-0.3, -0.25) is 0 Å². The summed E-state index contributed by atoms with van der Waals surface area (Å²) in [6, 6.07) is 10.5. The lowest BCUT2D eigenvalue weighted by Crippen LogP contribution is -2.20. The van der Waals surface area contributed by atoms with Crippen LogP contribution in [-0.2, 0) is 0 Å². The number of benzene rings is 1. The summed E-state index contributed by atoms with van der Waals surface area (Å²) in [5, 5.41) is 3.53. The molecule has 0 spiro atoms. The van der Waals surface area contributed by atoms with Crippen LogP contribution in [0.2, 0.25) is 0 Å². The molecule has 82 valence electrons. The Labute approximate surface area is 92.9 Å². The Morgan fingerprint density at radius 2 is 2.00 bits per heavy atom. The summed E-state index contributed by atoms with van der Waals surface area (Å²) in [5.41, 5.74) is 1.26. The molecule has 1 aromatic carbocycles. The van der Waals surface area contributed by atoms with Crippen LogP contribution in [0.1, 0.15) is 32.6 Å². The Balaban J connectivity index is 1.78. The number of hydrogen-bond donors (Lipinski definition) is 1. The zero-order valence-electron chi connectivity index (χ0n) is 9.58. The van der Waals surface area contributed by atoms with Gasteiger partial charge in [-0.15, -0.1) is 0 Å². The zero-order chi connectivity index (χ0) is 10.5. The number of anilines is 1. The molecule has 0 bridgehead atoms. The lowest BCUT2D eigenvalue weighted by atomic mass is 9.82. The fraction of sp³-hybridized carbons (Fsp3) is 0.571. The molecular formula is C14H21N. The van der Waals surface area contributed by atoms with E-state index in [-0.39, 0.29) is 0 Å². The summed E-state index contributed by atoms with van der Waals surface area (Å²) in [6.07, 6.45) is 5.66. The first-order valence-corrected chi connectivity index (χ1v) is 6.13. The summed E-state index contributed by atoms with van der Waals surface area (Å²) in [5.74, 6) is 1.82. The molecule has 1 N–H and O–H groups in total. The Morgan fingerprint density at radius 1 is 1.20 bits per heavy atom. The molecule has 1 aliphatic carbocycles. The van der Waals surface area contributed by atoms with Gasteiger partial charge in [0.05, 0.1) is 0 Å². The third-order valence-electron chi connectivity index (χ3n) is 3.41. The Morgan fingerprint density at radius 3 is 2.73 bits per heavy atom. The van der Waals surface area contributed by atoms with Crippen LogP contribution in [-0.4, -0.2) is 6.54 Å². The molecule has 1 heteroatoms. The number of para-hydroxylation sites is 1. The predicted molar refractivity (Wildman–Crippen MR) is 66.1 cm³/mol. The normalized spacial score (nSPS) is 26.2. The molecule has 2 unspecified atom stereocenters. The summed E-state index contributed by atoms with van der Waals surface area (Å²) >= 11 is 0. The second-order valence-electron chi connectivity index (χ2n) is 4.88. The van der Waals surface area contributed by atoms with Crippen molar-refractivity contribution in [3.8, 4) is 0 Å². The third-order valence-corrected chi connectivity index (χ3v) is 3.41. The first-order chi connectivity index (χ1) is 7.34. The molecule has 1 saturated carbocycles. The van der Waals surface area contributed by atoms with Gasteiger partial charge in [-0.2, -0.15) is 0 Å². The minimum absolute atomic E-state index is 0.883. The van der Waals surface area contributed by atoms with E-state index in [1.807, 2.05) is 0 Å². The molecular weight excluding hydrogens is 182 g/mol. The van der Waals surface area contributed by atoms with E-state index in [0.29, 0.717) is 0 Å². The smallest absolute Gasteiger partial charge is 0.0340 e. The average Bonchev–Trinajstić information content (AvgIpc) is 2.28. The minimum atomic E-state index is 0.883. The van der Waals surface area contributed by atoms with E-state index in [0.717, 1.165) is 18.4 Å². The highest BCUT2D eigenvalue weighted by Gasteiger charge is 2.18. The second kappa shape index (κ2) is 5.20. The van der Waals surface area contributed by atoms with E-state index in [4.69, 9.17) is 0 Å². The third kappa shape index (κ3) is 3.26. The van der Waals surface area contributed by atoms with Gasteiger partial charge in [0, 0.05) is 12.2 Å². The molecule has 1 aliphatic rings. The van der Waals surface area contributed by atoms with Gasteiger partial charge in [-0.25, -0.2) is 0 Å². The maximum Gasteiger partial charge on any atom is 0.0340 e. The Bertz CT molecular complexity index is 281. The molecule has 0 heterocycles. The minimum Gasteiger partial charge on any atom is -0.385 e. The predicted octanol–water partition coefficient (Wildman–Crippen LogP) is 3.92. The van der Waals surface area contributed by atoms with Gasteiger partial charge in [0.15, 0.2) is 0 Å². The van der Waals surface area contributed by atoms with Crippen molar-refractivity contribution in [3.05, 3.63) is 30.3 Å². The average molecular weight is 203 g/mol.